The summed E-state index contributed by atoms with van der Waals surface area (Å²) < 4.78 is 20.1. The van der Waals surface area contributed by atoms with Gasteiger partial charge in [-0.3, -0.25) is 14.7 Å². The van der Waals surface area contributed by atoms with E-state index in [0.29, 0.717) is 23.1 Å². The zero-order valence-corrected chi connectivity index (χ0v) is 19.6. The van der Waals surface area contributed by atoms with Crippen molar-refractivity contribution in [3.05, 3.63) is 59.2 Å². The highest BCUT2D eigenvalue weighted by molar-refractivity contribution is 7.14. The van der Waals surface area contributed by atoms with Crippen LogP contribution in [0.15, 0.2) is 42.7 Å². The standard InChI is InChI=1S/C24H23FN6O2S/c1-14-29-30-23(34-14)15-5-7-19(28-12-15)24(32)31(16-4-3-10-26-13-16)22-18-6-8-20(33-2)21(25)17(18)9-11-27-22/h5-9,11-12,16,26H,3-4,10,13H2,1-2H3/t16-/m1/s1. The van der Waals surface area contributed by atoms with E-state index in [9.17, 15) is 9.18 Å². The molecule has 3 aromatic heterocycles. The number of hydrogen-bond acceptors (Lipinski definition) is 8. The minimum absolute atomic E-state index is 0.142. The van der Waals surface area contributed by atoms with Crippen molar-refractivity contribution < 1.29 is 13.9 Å². The summed E-state index contributed by atoms with van der Waals surface area (Å²) in [7, 11) is 1.42. The number of aryl methyl sites for hydroxylation is 1. The minimum Gasteiger partial charge on any atom is -0.494 e. The first-order valence-corrected chi connectivity index (χ1v) is 11.8. The maximum absolute atomic E-state index is 15.0. The Kier molecular flexibility index (Phi) is 6.16. The van der Waals surface area contributed by atoms with Crippen LogP contribution in [0.5, 0.6) is 5.75 Å². The predicted molar refractivity (Wildman–Crippen MR) is 129 cm³/mol. The van der Waals surface area contributed by atoms with E-state index in [1.54, 1.807) is 35.4 Å². The summed E-state index contributed by atoms with van der Waals surface area (Å²) in [6.07, 6.45) is 4.87. The average molecular weight is 479 g/mol. The molecular formula is C24H23FN6O2S. The summed E-state index contributed by atoms with van der Waals surface area (Å²) in [4.78, 5) is 24.4. The molecule has 0 saturated carbocycles. The van der Waals surface area contributed by atoms with Crippen molar-refractivity contribution in [2.45, 2.75) is 25.8 Å². The molecule has 1 aliphatic rings. The van der Waals surface area contributed by atoms with Crippen LogP contribution in [0.25, 0.3) is 21.3 Å². The highest BCUT2D eigenvalue weighted by atomic mass is 32.1. The molecule has 1 amide bonds. The molecule has 8 nitrogen and oxygen atoms in total. The molecule has 1 fully saturated rings. The number of nitrogens with one attached hydrogen (secondary N) is 1. The number of nitrogens with zero attached hydrogens (tertiary/aromatic N) is 5. The molecular weight excluding hydrogens is 455 g/mol. The molecule has 1 N–H and O–H groups in total. The third kappa shape index (κ3) is 4.10. The van der Waals surface area contributed by atoms with E-state index in [2.05, 4.69) is 25.5 Å². The molecule has 1 saturated heterocycles. The summed E-state index contributed by atoms with van der Waals surface area (Å²) in [6, 6.07) is 8.25. The molecule has 0 aliphatic carbocycles. The lowest BCUT2D eigenvalue weighted by Crippen LogP contribution is -2.49. The van der Waals surface area contributed by atoms with E-state index in [1.807, 2.05) is 13.0 Å². The van der Waals surface area contributed by atoms with Crippen molar-refractivity contribution in [3.8, 4) is 16.3 Å². The van der Waals surface area contributed by atoms with Crippen LogP contribution in [0.4, 0.5) is 10.2 Å². The molecule has 34 heavy (non-hydrogen) atoms. The van der Waals surface area contributed by atoms with E-state index in [1.165, 1.54) is 24.6 Å². The molecule has 4 aromatic rings. The van der Waals surface area contributed by atoms with Gasteiger partial charge < -0.3 is 10.1 Å². The largest absolute Gasteiger partial charge is 0.494 e. The number of benzene rings is 1. The summed E-state index contributed by atoms with van der Waals surface area (Å²) in [5, 5.41) is 14.0. The van der Waals surface area contributed by atoms with Gasteiger partial charge in [0, 0.05) is 35.3 Å². The molecule has 5 rings (SSSR count). The van der Waals surface area contributed by atoms with Crippen molar-refractivity contribution in [1.29, 1.82) is 0 Å². The van der Waals surface area contributed by atoms with Crippen LogP contribution < -0.4 is 15.0 Å². The molecule has 0 radical (unpaired) electrons. The van der Waals surface area contributed by atoms with Gasteiger partial charge in [0.25, 0.3) is 5.91 Å². The molecule has 1 aliphatic heterocycles. The van der Waals surface area contributed by atoms with Gasteiger partial charge in [-0.2, -0.15) is 0 Å². The van der Waals surface area contributed by atoms with Crippen molar-refractivity contribution >= 4 is 33.8 Å². The summed E-state index contributed by atoms with van der Waals surface area (Å²) in [6.45, 7) is 3.39. The van der Waals surface area contributed by atoms with E-state index >= 15 is 0 Å². The quantitative estimate of drug-likeness (QED) is 0.463. The highest BCUT2D eigenvalue weighted by Gasteiger charge is 2.31. The number of amides is 1. The van der Waals surface area contributed by atoms with Gasteiger partial charge in [0.2, 0.25) is 0 Å². The lowest BCUT2D eigenvalue weighted by molar-refractivity contribution is 0.0967. The fourth-order valence-corrected chi connectivity index (χ4v) is 4.89. The number of hydrogen-bond donors (Lipinski definition) is 1. The molecule has 1 aromatic carbocycles. The lowest BCUT2D eigenvalue weighted by Gasteiger charge is -2.34. The first-order valence-electron chi connectivity index (χ1n) is 11.0. The second-order valence-electron chi connectivity index (χ2n) is 8.05. The monoisotopic (exact) mass is 478 g/mol. The normalized spacial score (nSPS) is 15.9. The van der Waals surface area contributed by atoms with Gasteiger partial charge in [-0.1, -0.05) is 11.3 Å². The van der Waals surface area contributed by atoms with Crippen LogP contribution in [0, 0.1) is 12.7 Å². The predicted octanol–water partition coefficient (Wildman–Crippen LogP) is 4.00. The number of fused-ring (bicyclic) bond motifs is 1. The second kappa shape index (κ2) is 9.40. The van der Waals surface area contributed by atoms with E-state index in [0.717, 1.165) is 35.0 Å². The number of aromatic nitrogens is 4. The number of pyridine rings is 2. The first-order chi connectivity index (χ1) is 16.6. The number of rotatable bonds is 5. The van der Waals surface area contributed by atoms with E-state index < -0.39 is 5.82 Å². The number of ether oxygens (including phenoxy) is 1. The molecule has 0 spiro atoms. The van der Waals surface area contributed by atoms with Crippen LogP contribution in [0.2, 0.25) is 0 Å². The number of carbonyl (C=O) groups is 1. The van der Waals surface area contributed by atoms with Crippen molar-refractivity contribution in [3.63, 3.8) is 0 Å². The highest BCUT2D eigenvalue weighted by Crippen LogP contribution is 2.33. The van der Waals surface area contributed by atoms with Gasteiger partial charge in [0.05, 0.1) is 13.2 Å². The fourth-order valence-electron chi connectivity index (χ4n) is 4.20. The average Bonchev–Trinajstić information content (AvgIpc) is 3.32. The van der Waals surface area contributed by atoms with Crippen LogP contribution in [0.3, 0.4) is 0 Å². The first kappa shape index (κ1) is 22.3. The van der Waals surface area contributed by atoms with Gasteiger partial charge in [-0.15, -0.1) is 10.2 Å². The van der Waals surface area contributed by atoms with Crippen molar-refractivity contribution in [2.75, 3.05) is 25.1 Å². The van der Waals surface area contributed by atoms with Gasteiger partial charge in [0.15, 0.2) is 11.6 Å². The van der Waals surface area contributed by atoms with Crippen LogP contribution in [-0.4, -0.2) is 52.3 Å². The van der Waals surface area contributed by atoms with Crippen LogP contribution >= 0.6 is 11.3 Å². The summed E-state index contributed by atoms with van der Waals surface area (Å²) >= 11 is 1.47. The Morgan fingerprint density at radius 1 is 1.18 bits per heavy atom. The van der Waals surface area contributed by atoms with Crippen molar-refractivity contribution in [1.82, 2.24) is 25.5 Å². The molecule has 4 heterocycles. The third-order valence-electron chi connectivity index (χ3n) is 5.88. The van der Waals surface area contributed by atoms with Crippen LogP contribution in [0.1, 0.15) is 28.3 Å². The SMILES string of the molecule is COc1ccc2c(N(C(=O)c3ccc(-c4nnc(C)s4)cn3)[C@@H]3CCCNC3)nccc2c1F. The molecule has 0 unspecified atom stereocenters. The van der Waals surface area contributed by atoms with Crippen molar-refractivity contribution in [2.24, 2.45) is 0 Å². The van der Waals surface area contributed by atoms with Gasteiger partial charge >= 0.3 is 0 Å². The molecule has 1 atom stereocenters. The van der Waals surface area contributed by atoms with E-state index in [4.69, 9.17) is 4.74 Å². The third-order valence-corrected chi connectivity index (χ3v) is 6.77. The second-order valence-corrected chi connectivity index (χ2v) is 9.23. The zero-order valence-electron chi connectivity index (χ0n) is 18.8. The maximum atomic E-state index is 15.0. The number of piperidine rings is 1. The molecule has 174 valence electrons. The van der Waals surface area contributed by atoms with Gasteiger partial charge in [-0.05, 0) is 56.6 Å². The Labute approximate surface area is 199 Å². The fraction of sp³-hybridized carbons (Fsp3) is 0.292. The summed E-state index contributed by atoms with van der Waals surface area (Å²) in [5.41, 5.74) is 1.08. The van der Waals surface area contributed by atoms with Crippen LogP contribution in [-0.2, 0) is 0 Å². The topological polar surface area (TPSA) is 93.1 Å². The maximum Gasteiger partial charge on any atom is 0.278 e. The molecule has 0 bridgehead atoms. The smallest absolute Gasteiger partial charge is 0.278 e. The Morgan fingerprint density at radius 2 is 2.06 bits per heavy atom. The zero-order chi connectivity index (χ0) is 23.7. The Morgan fingerprint density at radius 3 is 2.74 bits per heavy atom. The number of halogens is 1. The molecule has 10 heteroatoms. The minimum atomic E-state index is -0.479. The number of methoxy groups -OCH3 is 1. The lowest BCUT2D eigenvalue weighted by atomic mass is 10.0. The summed E-state index contributed by atoms with van der Waals surface area (Å²) in [5.74, 6) is -0.216. The van der Waals surface area contributed by atoms with Gasteiger partial charge in [-0.25, -0.2) is 9.37 Å². The number of anilines is 1. The number of carbonyl (C=O) groups excluding carboxylic acids is 1. The Hall–Kier alpha value is -3.50. The Bertz CT molecular complexity index is 1340. The Balaban J connectivity index is 1.57. The van der Waals surface area contributed by atoms with Gasteiger partial charge in [0.1, 0.15) is 21.5 Å². The van der Waals surface area contributed by atoms with E-state index in [-0.39, 0.29) is 23.4 Å².